The first-order chi connectivity index (χ1) is 16.4. The topological polar surface area (TPSA) is 84.7 Å². The van der Waals surface area contributed by atoms with Crippen LogP contribution in [0.25, 0.3) is 5.76 Å². The average Bonchev–Trinajstić information content (AvgIpc) is 3.41. The monoisotopic (exact) mass is 463 g/mol. The van der Waals surface area contributed by atoms with Gasteiger partial charge in [-0.2, -0.15) is 0 Å². The minimum atomic E-state index is -1.03. The largest absolute Gasteiger partial charge is 0.507 e. The molecule has 2 aromatic carbocycles. The number of rotatable bonds is 8. The molecule has 2 heterocycles. The SMILES string of the molecule is CC(C)Oc1ccc(C(O)=C2C(=O)C(=O)N(CCCn3ccnc3)C2c2ccccc2F)cc1. The van der Waals surface area contributed by atoms with Gasteiger partial charge in [-0.15, -0.1) is 0 Å². The first-order valence-corrected chi connectivity index (χ1v) is 11.1. The zero-order valence-electron chi connectivity index (χ0n) is 19.0. The molecule has 7 nitrogen and oxygen atoms in total. The van der Waals surface area contributed by atoms with Gasteiger partial charge in [0.05, 0.1) is 24.0 Å². The maximum absolute atomic E-state index is 14.8. The number of Topliss-reactive ketones (excluding diaryl/α,β-unsaturated/α-hetero) is 1. The van der Waals surface area contributed by atoms with E-state index in [1.807, 2.05) is 18.4 Å². The number of ether oxygens (including phenoxy) is 1. The highest BCUT2D eigenvalue weighted by molar-refractivity contribution is 6.46. The Morgan fingerprint density at radius 2 is 1.85 bits per heavy atom. The average molecular weight is 464 g/mol. The molecule has 1 aliphatic rings. The first kappa shape index (κ1) is 23.2. The van der Waals surface area contributed by atoms with E-state index in [9.17, 15) is 19.1 Å². The number of carbonyl (C=O) groups is 2. The van der Waals surface area contributed by atoms with Crippen molar-refractivity contribution < 1.29 is 23.8 Å². The van der Waals surface area contributed by atoms with Gasteiger partial charge in [-0.1, -0.05) is 18.2 Å². The smallest absolute Gasteiger partial charge is 0.295 e. The van der Waals surface area contributed by atoms with Crippen molar-refractivity contribution in [3.63, 3.8) is 0 Å². The van der Waals surface area contributed by atoms with Crippen molar-refractivity contribution in [2.75, 3.05) is 6.54 Å². The number of aromatic nitrogens is 2. The van der Waals surface area contributed by atoms with E-state index in [0.717, 1.165) is 0 Å². The van der Waals surface area contributed by atoms with Crippen molar-refractivity contribution in [1.29, 1.82) is 0 Å². The van der Waals surface area contributed by atoms with Crippen LogP contribution in [0.5, 0.6) is 5.75 Å². The number of amides is 1. The van der Waals surface area contributed by atoms with Crippen molar-refractivity contribution in [3.8, 4) is 5.75 Å². The van der Waals surface area contributed by atoms with Gasteiger partial charge in [0, 0.05) is 36.6 Å². The summed E-state index contributed by atoms with van der Waals surface area (Å²) in [5.41, 5.74) is 0.370. The molecule has 1 aromatic heterocycles. The van der Waals surface area contributed by atoms with E-state index >= 15 is 0 Å². The summed E-state index contributed by atoms with van der Waals surface area (Å²) in [6.07, 6.45) is 5.62. The molecule has 176 valence electrons. The van der Waals surface area contributed by atoms with E-state index < -0.39 is 23.5 Å². The van der Waals surface area contributed by atoms with E-state index in [-0.39, 0.29) is 29.5 Å². The molecule has 1 atom stereocenters. The number of benzene rings is 2. The quantitative estimate of drug-likeness (QED) is 0.306. The van der Waals surface area contributed by atoms with Crippen LogP contribution in [0.15, 0.2) is 72.8 Å². The van der Waals surface area contributed by atoms with Gasteiger partial charge in [0.1, 0.15) is 17.3 Å². The van der Waals surface area contributed by atoms with Gasteiger partial charge in [0.2, 0.25) is 0 Å². The van der Waals surface area contributed by atoms with Gasteiger partial charge in [0.25, 0.3) is 11.7 Å². The summed E-state index contributed by atoms with van der Waals surface area (Å²) >= 11 is 0. The predicted molar refractivity (Wildman–Crippen MR) is 124 cm³/mol. The Morgan fingerprint density at radius 1 is 1.12 bits per heavy atom. The van der Waals surface area contributed by atoms with Crippen LogP contribution in [0.3, 0.4) is 0 Å². The van der Waals surface area contributed by atoms with E-state index in [1.54, 1.807) is 49.1 Å². The van der Waals surface area contributed by atoms with Crippen LogP contribution in [0.1, 0.15) is 37.4 Å². The van der Waals surface area contributed by atoms with E-state index in [4.69, 9.17) is 4.74 Å². The second-order valence-corrected chi connectivity index (χ2v) is 8.36. The molecule has 0 saturated carbocycles. The molecule has 8 heteroatoms. The van der Waals surface area contributed by atoms with E-state index in [1.165, 1.54) is 23.1 Å². The predicted octanol–water partition coefficient (Wildman–Crippen LogP) is 4.32. The van der Waals surface area contributed by atoms with Crippen LogP contribution >= 0.6 is 0 Å². The zero-order chi connectivity index (χ0) is 24.2. The summed E-state index contributed by atoms with van der Waals surface area (Å²) in [5, 5.41) is 11.1. The molecule has 0 radical (unpaired) electrons. The minimum Gasteiger partial charge on any atom is -0.507 e. The van der Waals surface area contributed by atoms with Crippen LogP contribution in [0, 0.1) is 5.82 Å². The summed E-state index contributed by atoms with van der Waals surface area (Å²) < 4.78 is 22.3. The Labute approximate surface area is 197 Å². The van der Waals surface area contributed by atoms with Crippen LogP contribution in [0.4, 0.5) is 4.39 Å². The number of aliphatic hydroxyl groups excluding tert-OH is 1. The highest BCUT2D eigenvalue weighted by Gasteiger charge is 2.46. The van der Waals surface area contributed by atoms with Gasteiger partial charge in [-0.05, 0) is 50.6 Å². The summed E-state index contributed by atoms with van der Waals surface area (Å²) in [4.78, 5) is 31.4. The fourth-order valence-electron chi connectivity index (χ4n) is 4.09. The Kier molecular flexibility index (Phi) is 6.77. The fraction of sp³-hybridized carbons (Fsp3) is 0.269. The molecule has 1 unspecified atom stereocenters. The second kappa shape index (κ2) is 9.91. The number of imidazole rings is 1. The first-order valence-electron chi connectivity index (χ1n) is 11.1. The van der Waals surface area contributed by atoms with Crippen molar-refractivity contribution in [2.24, 2.45) is 0 Å². The molecule has 1 saturated heterocycles. The summed E-state index contributed by atoms with van der Waals surface area (Å²) in [6, 6.07) is 11.5. The molecule has 1 amide bonds. The third-order valence-electron chi connectivity index (χ3n) is 5.61. The van der Waals surface area contributed by atoms with Gasteiger partial charge in [-0.3, -0.25) is 9.59 Å². The Morgan fingerprint density at radius 3 is 2.50 bits per heavy atom. The lowest BCUT2D eigenvalue weighted by molar-refractivity contribution is -0.140. The molecule has 3 aromatic rings. The van der Waals surface area contributed by atoms with E-state index in [2.05, 4.69) is 4.98 Å². The minimum absolute atomic E-state index is 0.0202. The molecule has 0 aliphatic carbocycles. The van der Waals surface area contributed by atoms with Crippen LogP contribution < -0.4 is 4.74 Å². The van der Waals surface area contributed by atoms with Crippen LogP contribution in [0.2, 0.25) is 0 Å². The van der Waals surface area contributed by atoms with Gasteiger partial charge in [0.15, 0.2) is 0 Å². The number of aliphatic hydroxyl groups is 1. The zero-order valence-corrected chi connectivity index (χ0v) is 19.0. The molecule has 1 aliphatic heterocycles. The second-order valence-electron chi connectivity index (χ2n) is 8.36. The number of nitrogens with zero attached hydrogens (tertiary/aromatic N) is 3. The Balaban J connectivity index is 1.71. The van der Waals surface area contributed by atoms with Crippen molar-refractivity contribution >= 4 is 17.4 Å². The maximum Gasteiger partial charge on any atom is 0.295 e. The van der Waals surface area contributed by atoms with Gasteiger partial charge < -0.3 is 19.3 Å². The highest BCUT2D eigenvalue weighted by atomic mass is 19.1. The number of hydrogen-bond acceptors (Lipinski definition) is 5. The lowest BCUT2D eigenvalue weighted by Crippen LogP contribution is -2.31. The van der Waals surface area contributed by atoms with Gasteiger partial charge in [-0.25, -0.2) is 9.37 Å². The Hall–Kier alpha value is -3.94. The van der Waals surface area contributed by atoms with E-state index in [0.29, 0.717) is 24.3 Å². The number of carbonyl (C=O) groups excluding carboxylic acids is 2. The molecule has 1 fully saturated rings. The van der Waals surface area contributed by atoms with Crippen molar-refractivity contribution in [3.05, 3.63) is 89.8 Å². The third kappa shape index (κ3) is 4.71. The van der Waals surface area contributed by atoms with Crippen LogP contribution in [-0.2, 0) is 16.1 Å². The molecule has 1 N–H and O–H groups in total. The number of hydrogen-bond donors (Lipinski definition) is 1. The number of ketones is 1. The highest BCUT2D eigenvalue weighted by Crippen LogP contribution is 2.40. The molecule has 34 heavy (non-hydrogen) atoms. The lowest BCUT2D eigenvalue weighted by Gasteiger charge is -2.25. The number of likely N-dealkylation sites (tertiary alicyclic amines) is 1. The number of aryl methyl sites for hydroxylation is 1. The van der Waals surface area contributed by atoms with Crippen molar-refractivity contribution in [2.45, 2.75) is 39.0 Å². The van der Waals surface area contributed by atoms with Crippen molar-refractivity contribution in [1.82, 2.24) is 14.5 Å². The number of halogens is 1. The fourth-order valence-corrected chi connectivity index (χ4v) is 4.09. The third-order valence-corrected chi connectivity index (χ3v) is 5.61. The molecular weight excluding hydrogens is 437 g/mol. The summed E-state index contributed by atoms with van der Waals surface area (Å²) in [6.45, 7) is 4.58. The van der Waals surface area contributed by atoms with Crippen LogP contribution in [-0.4, -0.2) is 43.9 Å². The summed E-state index contributed by atoms with van der Waals surface area (Å²) in [5.74, 6) is -1.89. The maximum atomic E-state index is 14.8. The lowest BCUT2D eigenvalue weighted by atomic mass is 9.95. The normalized spacial score (nSPS) is 17.5. The molecule has 0 bridgehead atoms. The standard InChI is InChI=1S/C26H26FN3O4/c1-17(2)34-19-10-8-18(9-11-19)24(31)22-23(20-6-3-4-7-21(20)27)30(26(33)25(22)32)14-5-13-29-15-12-28-16-29/h3-4,6-12,15-17,23,31H,5,13-14H2,1-2H3. The molecular formula is C26H26FN3O4. The summed E-state index contributed by atoms with van der Waals surface area (Å²) in [7, 11) is 0. The van der Waals surface area contributed by atoms with Gasteiger partial charge >= 0.3 is 0 Å². The molecule has 4 rings (SSSR count). The Bertz CT molecular complexity index is 1200. The molecule has 0 spiro atoms.